The lowest BCUT2D eigenvalue weighted by Gasteiger charge is -2.14. The molecule has 2 aromatic rings. The maximum absolute atomic E-state index is 12.3. The fourth-order valence-corrected chi connectivity index (χ4v) is 2.23. The molecule has 2 rings (SSSR count). The van der Waals surface area contributed by atoms with Crippen LogP contribution in [0.2, 0.25) is 0 Å². The molecule has 8 heteroatoms. The van der Waals surface area contributed by atoms with Crippen LogP contribution in [0.1, 0.15) is 31.1 Å². The molecular formula is C20H22N2O6. The van der Waals surface area contributed by atoms with E-state index in [1.54, 1.807) is 24.3 Å². The van der Waals surface area contributed by atoms with Crippen molar-refractivity contribution in [1.82, 2.24) is 0 Å². The molecule has 0 aliphatic rings. The molecule has 0 radical (unpaired) electrons. The highest BCUT2D eigenvalue weighted by Gasteiger charge is 2.22. The number of ether oxygens (including phenoxy) is 2. The van der Waals surface area contributed by atoms with Gasteiger partial charge in [0, 0.05) is 6.07 Å². The van der Waals surface area contributed by atoms with Crippen molar-refractivity contribution in [1.29, 1.82) is 0 Å². The number of benzene rings is 2. The molecule has 0 unspecified atom stereocenters. The number of amides is 1. The lowest BCUT2D eigenvalue weighted by atomic mass is 10.2. The second-order valence-corrected chi connectivity index (χ2v) is 6.54. The van der Waals surface area contributed by atoms with Gasteiger partial charge in [-0.2, -0.15) is 0 Å². The van der Waals surface area contributed by atoms with Crippen LogP contribution in [0, 0.1) is 16.0 Å². The van der Waals surface area contributed by atoms with Crippen molar-refractivity contribution in [2.75, 3.05) is 11.9 Å². The molecular weight excluding hydrogens is 364 g/mol. The first-order valence-electron chi connectivity index (χ1n) is 8.76. The zero-order chi connectivity index (χ0) is 20.7. The minimum absolute atomic E-state index is 0.0319. The third-order valence-electron chi connectivity index (χ3n) is 3.66. The van der Waals surface area contributed by atoms with Crippen LogP contribution in [0.4, 0.5) is 11.4 Å². The second kappa shape index (κ2) is 9.50. The predicted octanol–water partition coefficient (Wildman–Crippen LogP) is 3.81. The summed E-state index contributed by atoms with van der Waals surface area (Å²) in [6.07, 6.45) is -1.15. The molecule has 0 fully saturated rings. The number of nitro benzene ring substituents is 1. The summed E-state index contributed by atoms with van der Waals surface area (Å²) in [7, 11) is 0. The van der Waals surface area contributed by atoms with Gasteiger partial charge in [0.05, 0.1) is 17.1 Å². The first-order valence-corrected chi connectivity index (χ1v) is 8.76. The standard InChI is InChI=1S/C20H22N2O6/c1-13(2)12-27-16-8-6-7-15(11-16)20(24)28-14(3)19(23)21-17-9-4-5-10-18(17)22(25)26/h4-11,13-14H,12H2,1-3H3,(H,21,23)/t14-/m1/s1. The molecule has 0 spiro atoms. The zero-order valence-electron chi connectivity index (χ0n) is 15.9. The smallest absolute Gasteiger partial charge is 0.339 e. The average molecular weight is 386 g/mol. The lowest BCUT2D eigenvalue weighted by Crippen LogP contribution is -2.30. The Morgan fingerprint density at radius 1 is 1.11 bits per heavy atom. The Morgan fingerprint density at radius 2 is 1.82 bits per heavy atom. The highest BCUT2D eigenvalue weighted by atomic mass is 16.6. The summed E-state index contributed by atoms with van der Waals surface area (Å²) in [4.78, 5) is 35.0. The summed E-state index contributed by atoms with van der Waals surface area (Å²) < 4.78 is 10.7. The Morgan fingerprint density at radius 3 is 2.50 bits per heavy atom. The molecule has 28 heavy (non-hydrogen) atoms. The van der Waals surface area contributed by atoms with Gasteiger partial charge < -0.3 is 14.8 Å². The van der Waals surface area contributed by atoms with Gasteiger partial charge >= 0.3 is 5.97 Å². The molecule has 0 heterocycles. The van der Waals surface area contributed by atoms with Crippen molar-refractivity contribution >= 4 is 23.3 Å². The predicted molar refractivity (Wildman–Crippen MR) is 103 cm³/mol. The van der Waals surface area contributed by atoms with E-state index in [2.05, 4.69) is 5.32 Å². The van der Waals surface area contributed by atoms with Crippen LogP contribution in [0.15, 0.2) is 48.5 Å². The van der Waals surface area contributed by atoms with Gasteiger partial charge in [0.2, 0.25) is 0 Å². The third kappa shape index (κ3) is 5.80. The second-order valence-electron chi connectivity index (χ2n) is 6.54. The van der Waals surface area contributed by atoms with E-state index in [0.29, 0.717) is 18.3 Å². The molecule has 1 amide bonds. The number of nitrogens with zero attached hydrogens (tertiary/aromatic N) is 1. The van der Waals surface area contributed by atoms with Crippen LogP contribution < -0.4 is 10.1 Å². The average Bonchev–Trinajstić information content (AvgIpc) is 2.66. The van der Waals surface area contributed by atoms with E-state index in [1.807, 2.05) is 13.8 Å². The Balaban J connectivity index is 2.01. The van der Waals surface area contributed by atoms with Crippen molar-refractivity contribution in [3.8, 4) is 5.75 Å². The summed E-state index contributed by atoms with van der Waals surface area (Å²) >= 11 is 0. The van der Waals surface area contributed by atoms with Gasteiger partial charge in [-0.25, -0.2) is 4.79 Å². The molecule has 0 aliphatic carbocycles. The van der Waals surface area contributed by atoms with Crippen LogP contribution in [0.3, 0.4) is 0 Å². The van der Waals surface area contributed by atoms with E-state index >= 15 is 0 Å². The molecule has 8 nitrogen and oxygen atoms in total. The fourth-order valence-electron chi connectivity index (χ4n) is 2.23. The van der Waals surface area contributed by atoms with Crippen molar-refractivity contribution in [2.24, 2.45) is 5.92 Å². The minimum Gasteiger partial charge on any atom is -0.493 e. The van der Waals surface area contributed by atoms with Crippen molar-refractivity contribution in [2.45, 2.75) is 26.9 Å². The number of nitro groups is 1. The van der Waals surface area contributed by atoms with E-state index in [1.165, 1.54) is 31.2 Å². The Kier molecular flexibility index (Phi) is 7.08. The highest BCUT2D eigenvalue weighted by molar-refractivity contribution is 5.98. The quantitative estimate of drug-likeness (QED) is 0.420. The SMILES string of the molecule is CC(C)COc1cccc(C(=O)O[C@H](C)C(=O)Nc2ccccc2[N+](=O)[O-])c1. The summed E-state index contributed by atoms with van der Waals surface area (Å²) in [5.74, 6) is -0.503. The fraction of sp³-hybridized carbons (Fsp3) is 0.300. The molecule has 1 atom stereocenters. The topological polar surface area (TPSA) is 108 Å². The van der Waals surface area contributed by atoms with Crippen LogP contribution >= 0.6 is 0 Å². The zero-order valence-corrected chi connectivity index (χ0v) is 15.9. The summed E-state index contributed by atoms with van der Waals surface area (Å²) in [5, 5.41) is 13.4. The lowest BCUT2D eigenvalue weighted by molar-refractivity contribution is -0.383. The first kappa shape index (κ1) is 20.9. The van der Waals surface area contributed by atoms with Crippen LogP contribution in [-0.2, 0) is 9.53 Å². The monoisotopic (exact) mass is 386 g/mol. The van der Waals surface area contributed by atoms with Crippen LogP contribution in [-0.4, -0.2) is 29.5 Å². The van der Waals surface area contributed by atoms with Crippen molar-refractivity contribution in [3.05, 3.63) is 64.2 Å². The van der Waals surface area contributed by atoms with Crippen LogP contribution in [0.5, 0.6) is 5.75 Å². The number of esters is 1. The maximum Gasteiger partial charge on any atom is 0.339 e. The van der Waals surface area contributed by atoms with E-state index in [9.17, 15) is 19.7 Å². The van der Waals surface area contributed by atoms with Gasteiger partial charge in [0.15, 0.2) is 6.10 Å². The van der Waals surface area contributed by atoms with Gasteiger partial charge in [-0.05, 0) is 37.1 Å². The number of hydrogen-bond donors (Lipinski definition) is 1. The summed E-state index contributed by atoms with van der Waals surface area (Å²) in [6, 6.07) is 12.2. The third-order valence-corrected chi connectivity index (χ3v) is 3.66. The summed E-state index contributed by atoms with van der Waals surface area (Å²) in [6.45, 7) is 5.92. The number of hydrogen-bond acceptors (Lipinski definition) is 6. The van der Waals surface area contributed by atoms with Gasteiger partial charge in [-0.1, -0.05) is 32.0 Å². The molecule has 0 aromatic heterocycles. The molecule has 0 saturated heterocycles. The minimum atomic E-state index is -1.15. The van der Waals surface area contributed by atoms with E-state index < -0.39 is 22.9 Å². The van der Waals surface area contributed by atoms with E-state index in [-0.39, 0.29) is 16.9 Å². The summed E-state index contributed by atoms with van der Waals surface area (Å²) in [5.41, 5.74) is 0.0282. The van der Waals surface area contributed by atoms with Gasteiger partial charge in [-0.3, -0.25) is 14.9 Å². The molecule has 0 saturated carbocycles. The van der Waals surface area contributed by atoms with Gasteiger partial charge in [0.25, 0.3) is 11.6 Å². The molecule has 0 bridgehead atoms. The largest absolute Gasteiger partial charge is 0.493 e. The van der Waals surface area contributed by atoms with E-state index in [0.717, 1.165) is 0 Å². The number of carbonyl (C=O) groups excluding carboxylic acids is 2. The van der Waals surface area contributed by atoms with E-state index in [4.69, 9.17) is 9.47 Å². The number of rotatable bonds is 8. The number of anilines is 1. The molecule has 0 aliphatic heterocycles. The molecule has 148 valence electrons. The Labute approximate surface area is 162 Å². The first-order chi connectivity index (χ1) is 13.3. The highest BCUT2D eigenvalue weighted by Crippen LogP contribution is 2.23. The van der Waals surface area contributed by atoms with Crippen molar-refractivity contribution < 1.29 is 24.0 Å². The molecule has 1 N–H and O–H groups in total. The number of carbonyl (C=O) groups is 2. The van der Waals surface area contributed by atoms with Gasteiger partial charge in [0.1, 0.15) is 11.4 Å². The van der Waals surface area contributed by atoms with Gasteiger partial charge in [-0.15, -0.1) is 0 Å². The van der Waals surface area contributed by atoms with Crippen molar-refractivity contribution in [3.63, 3.8) is 0 Å². The van der Waals surface area contributed by atoms with Crippen LogP contribution in [0.25, 0.3) is 0 Å². The maximum atomic E-state index is 12.3. The molecule has 2 aromatic carbocycles. The Bertz CT molecular complexity index is 865. The number of para-hydroxylation sites is 2. The Hall–Kier alpha value is -3.42. The number of nitrogens with one attached hydrogen (secondary N) is 1. The normalized spacial score (nSPS) is 11.6.